The number of halogens is 1. The first-order valence-electron chi connectivity index (χ1n) is 4.95. The fraction of sp³-hybridized carbons (Fsp3) is 0.0833. The van der Waals surface area contributed by atoms with Crippen molar-refractivity contribution in [2.75, 3.05) is 5.32 Å². The summed E-state index contributed by atoms with van der Waals surface area (Å²) in [6.45, 7) is 0.702. The van der Waals surface area contributed by atoms with Crippen LogP contribution in [0.15, 0.2) is 40.2 Å². The van der Waals surface area contributed by atoms with Crippen molar-refractivity contribution in [2.24, 2.45) is 0 Å². The molecule has 2 aromatic rings. The summed E-state index contributed by atoms with van der Waals surface area (Å²) in [7, 11) is 0. The summed E-state index contributed by atoms with van der Waals surface area (Å²) in [6.07, 6.45) is 0. The summed E-state index contributed by atoms with van der Waals surface area (Å²) < 4.78 is 0.756. The van der Waals surface area contributed by atoms with Crippen molar-refractivity contribution in [3.63, 3.8) is 0 Å². The molecule has 0 spiro atoms. The molecule has 17 heavy (non-hydrogen) atoms. The molecule has 0 bridgehead atoms. The number of carboxylic acids is 1. The zero-order valence-corrected chi connectivity index (χ0v) is 11.2. The number of thiophene rings is 1. The fourth-order valence-corrected chi connectivity index (χ4v) is 2.56. The van der Waals surface area contributed by atoms with Gasteiger partial charge in [0.15, 0.2) is 0 Å². The van der Waals surface area contributed by atoms with Gasteiger partial charge >= 0.3 is 5.97 Å². The molecule has 0 saturated heterocycles. The molecule has 88 valence electrons. The molecule has 2 rings (SSSR count). The quantitative estimate of drug-likeness (QED) is 0.902. The largest absolute Gasteiger partial charge is 0.478 e. The van der Waals surface area contributed by atoms with Gasteiger partial charge in [0.05, 0.1) is 5.56 Å². The normalized spacial score (nSPS) is 10.2. The molecule has 0 unspecified atom stereocenters. The number of carbonyl (C=O) groups is 1. The summed E-state index contributed by atoms with van der Waals surface area (Å²) in [5.74, 6) is -0.925. The highest BCUT2D eigenvalue weighted by Gasteiger charge is 2.05. The number of nitrogens with one attached hydrogen (secondary N) is 1. The van der Waals surface area contributed by atoms with Crippen LogP contribution in [0.5, 0.6) is 0 Å². The van der Waals surface area contributed by atoms with Crippen LogP contribution in [0.4, 0.5) is 5.69 Å². The summed E-state index contributed by atoms with van der Waals surface area (Å²) >= 11 is 4.97. The third-order valence-electron chi connectivity index (χ3n) is 2.19. The monoisotopic (exact) mass is 311 g/mol. The third-order valence-corrected chi connectivity index (χ3v) is 3.53. The lowest BCUT2D eigenvalue weighted by Gasteiger charge is -2.06. The second-order valence-corrected chi connectivity index (χ2v) is 5.41. The minimum absolute atomic E-state index is 0.271. The average molecular weight is 312 g/mol. The molecule has 0 amide bonds. The molecule has 2 N–H and O–H groups in total. The Hall–Kier alpha value is -1.33. The van der Waals surface area contributed by atoms with E-state index in [4.69, 9.17) is 5.11 Å². The SMILES string of the molecule is O=C(O)c1cc(Br)cc(NCc2cccs2)c1. The molecule has 1 aromatic heterocycles. The van der Waals surface area contributed by atoms with E-state index >= 15 is 0 Å². The van der Waals surface area contributed by atoms with Gasteiger partial charge in [-0.2, -0.15) is 0 Å². The second kappa shape index (κ2) is 5.33. The van der Waals surface area contributed by atoms with E-state index in [9.17, 15) is 4.79 Å². The van der Waals surface area contributed by atoms with Gasteiger partial charge in [0.25, 0.3) is 0 Å². The van der Waals surface area contributed by atoms with E-state index in [1.165, 1.54) is 4.88 Å². The van der Waals surface area contributed by atoms with Crippen molar-refractivity contribution in [3.8, 4) is 0 Å². The van der Waals surface area contributed by atoms with Crippen LogP contribution in [0, 0.1) is 0 Å². The van der Waals surface area contributed by atoms with E-state index in [2.05, 4.69) is 21.2 Å². The van der Waals surface area contributed by atoms with Crippen LogP contribution in [0.2, 0.25) is 0 Å². The molecule has 0 saturated carbocycles. The Labute approximate surface area is 111 Å². The molecule has 1 aromatic carbocycles. The number of benzene rings is 1. The highest BCUT2D eigenvalue weighted by molar-refractivity contribution is 9.10. The Bertz CT molecular complexity index is 525. The number of anilines is 1. The smallest absolute Gasteiger partial charge is 0.335 e. The third kappa shape index (κ3) is 3.31. The number of hydrogen-bond acceptors (Lipinski definition) is 3. The van der Waals surface area contributed by atoms with Gasteiger partial charge in [-0.05, 0) is 29.6 Å². The van der Waals surface area contributed by atoms with Crippen LogP contribution >= 0.6 is 27.3 Å². The maximum atomic E-state index is 10.9. The van der Waals surface area contributed by atoms with Gasteiger partial charge in [0, 0.05) is 21.6 Å². The molecule has 3 nitrogen and oxygen atoms in total. The Morgan fingerprint density at radius 1 is 1.41 bits per heavy atom. The van der Waals surface area contributed by atoms with Crippen molar-refractivity contribution in [3.05, 3.63) is 50.6 Å². The van der Waals surface area contributed by atoms with Crippen molar-refractivity contribution >= 4 is 38.9 Å². The Morgan fingerprint density at radius 3 is 2.88 bits per heavy atom. The summed E-state index contributed by atoms with van der Waals surface area (Å²) in [6, 6.07) is 9.10. The van der Waals surface area contributed by atoms with Gasteiger partial charge in [-0.15, -0.1) is 11.3 Å². The van der Waals surface area contributed by atoms with E-state index in [-0.39, 0.29) is 5.56 Å². The molecule has 0 fully saturated rings. The van der Waals surface area contributed by atoms with E-state index in [1.54, 1.807) is 23.5 Å². The fourth-order valence-electron chi connectivity index (χ4n) is 1.42. The highest BCUT2D eigenvalue weighted by atomic mass is 79.9. The molecular weight excluding hydrogens is 302 g/mol. The zero-order chi connectivity index (χ0) is 12.3. The Kier molecular flexibility index (Phi) is 3.81. The van der Waals surface area contributed by atoms with Crippen molar-refractivity contribution in [2.45, 2.75) is 6.54 Å². The maximum absolute atomic E-state index is 10.9. The van der Waals surface area contributed by atoms with Gasteiger partial charge in [0.1, 0.15) is 0 Å². The first kappa shape index (κ1) is 12.1. The minimum Gasteiger partial charge on any atom is -0.478 e. The van der Waals surface area contributed by atoms with Crippen LogP contribution in [0.3, 0.4) is 0 Å². The lowest BCUT2D eigenvalue weighted by molar-refractivity contribution is 0.0697. The summed E-state index contributed by atoms with van der Waals surface area (Å²) in [5.41, 5.74) is 1.07. The van der Waals surface area contributed by atoms with E-state index in [1.807, 2.05) is 23.6 Å². The average Bonchev–Trinajstić information content (AvgIpc) is 2.78. The first-order chi connectivity index (χ1) is 8.15. The predicted molar refractivity (Wildman–Crippen MR) is 72.7 cm³/mol. The molecule has 0 aliphatic carbocycles. The summed E-state index contributed by atoms with van der Waals surface area (Å²) in [4.78, 5) is 12.1. The molecule has 5 heteroatoms. The molecule has 1 heterocycles. The Balaban J connectivity index is 2.13. The number of rotatable bonds is 4. The van der Waals surface area contributed by atoms with Crippen LogP contribution in [-0.4, -0.2) is 11.1 Å². The van der Waals surface area contributed by atoms with Gasteiger partial charge < -0.3 is 10.4 Å². The van der Waals surface area contributed by atoms with Crippen molar-refractivity contribution in [1.82, 2.24) is 0 Å². The molecular formula is C12H10BrNO2S. The van der Waals surface area contributed by atoms with E-state index in [0.29, 0.717) is 6.54 Å². The highest BCUT2D eigenvalue weighted by Crippen LogP contribution is 2.21. The van der Waals surface area contributed by atoms with Crippen LogP contribution < -0.4 is 5.32 Å². The van der Waals surface area contributed by atoms with Gasteiger partial charge in [-0.1, -0.05) is 22.0 Å². The zero-order valence-electron chi connectivity index (χ0n) is 8.81. The lowest BCUT2D eigenvalue weighted by Crippen LogP contribution is -2.01. The molecule has 0 aliphatic heterocycles. The summed E-state index contributed by atoms with van der Waals surface area (Å²) in [5, 5.41) is 14.2. The lowest BCUT2D eigenvalue weighted by atomic mass is 10.2. The Morgan fingerprint density at radius 2 is 2.24 bits per heavy atom. The molecule has 0 atom stereocenters. The van der Waals surface area contributed by atoms with Gasteiger partial charge in [0.2, 0.25) is 0 Å². The minimum atomic E-state index is -0.925. The van der Waals surface area contributed by atoms with Crippen LogP contribution in [0.1, 0.15) is 15.2 Å². The van der Waals surface area contributed by atoms with Crippen LogP contribution in [-0.2, 0) is 6.54 Å². The predicted octanol–water partition coefficient (Wildman–Crippen LogP) is 3.82. The van der Waals surface area contributed by atoms with Crippen LogP contribution in [0.25, 0.3) is 0 Å². The molecule has 0 radical (unpaired) electrons. The van der Waals surface area contributed by atoms with Crippen molar-refractivity contribution < 1.29 is 9.90 Å². The number of carboxylic acid groups (broad SMARTS) is 1. The van der Waals surface area contributed by atoms with Crippen molar-refractivity contribution in [1.29, 1.82) is 0 Å². The van der Waals surface area contributed by atoms with E-state index < -0.39 is 5.97 Å². The van der Waals surface area contributed by atoms with Gasteiger partial charge in [-0.25, -0.2) is 4.79 Å². The van der Waals surface area contributed by atoms with E-state index in [0.717, 1.165) is 10.2 Å². The number of aromatic carboxylic acids is 1. The maximum Gasteiger partial charge on any atom is 0.335 e. The second-order valence-electron chi connectivity index (χ2n) is 3.47. The standard InChI is InChI=1S/C12H10BrNO2S/c13-9-4-8(12(15)16)5-10(6-9)14-7-11-2-1-3-17-11/h1-6,14H,7H2,(H,15,16). The topological polar surface area (TPSA) is 49.3 Å². The number of hydrogen-bond donors (Lipinski definition) is 2. The molecule has 0 aliphatic rings. The van der Waals surface area contributed by atoms with Gasteiger partial charge in [-0.3, -0.25) is 0 Å². The first-order valence-corrected chi connectivity index (χ1v) is 6.62.